The number of hydrogen-bond acceptors (Lipinski definition) is 4. The van der Waals surface area contributed by atoms with Crippen LogP contribution in [0.5, 0.6) is 0 Å². The summed E-state index contributed by atoms with van der Waals surface area (Å²) in [6.45, 7) is 4.06. The monoisotopic (exact) mass is 184 g/mol. The van der Waals surface area contributed by atoms with Gasteiger partial charge in [-0.3, -0.25) is 4.79 Å². The molecular formula is C8H12N2OS. The van der Waals surface area contributed by atoms with E-state index in [1.165, 1.54) is 4.88 Å². The van der Waals surface area contributed by atoms with Gasteiger partial charge in [-0.15, -0.1) is 11.3 Å². The Morgan fingerprint density at radius 1 is 1.58 bits per heavy atom. The number of nitrogens with zero attached hydrogens (tertiary/aromatic N) is 1. The molecule has 0 radical (unpaired) electrons. The quantitative estimate of drug-likeness (QED) is 0.757. The molecule has 2 N–H and O–H groups in total. The Hall–Kier alpha value is -0.740. The number of ketones is 1. The standard InChI is InChI=1S/C8H12N2OS/c1-5-6(2)12-8(10-5)3-7(11)4-9/h3-4,9H2,1-2H3. The highest BCUT2D eigenvalue weighted by Crippen LogP contribution is 2.16. The maximum absolute atomic E-state index is 10.9. The number of nitrogens with two attached hydrogens (primary N) is 1. The molecule has 0 spiro atoms. The second-order valence-electron chi connectivity index (χ2n) is 2.67. The maximum atomic E-state index is 10.9. The van der Waals surface area contributed by atoms with Crippen molar-refractivity contribution >= 4 is 17.1 Å². The number of hydrogen-bond donors (Lipinski definition) is 1. The summed E-state index contributed by atoms with van der Waals surface area (Å²) in [6, 6.07) is 0. The van der Waals surface area contributed by atoms with E-state index < -0.39 is 0 Å². The third-order valence-corrected chi connectivity index (χ3v) is 2.72. The highest BCUT2D eigenvalue weighted by molar-refractivity contribution is 7.11. The lowest BCUT2D eigenvalue weighted by molar-refractivity contribution is -0.117. The van der Waals surface area contributed by atoms with Crippen molar-refractivity contribution in [2.75, 3.05) is 6.54 Å². The first kappa shape index (κ1) is 9.35. The van der Waals surface area contributed by atoms with Crippen LogP contribution in [0.25, 0.3) is 0 Å². The normalized spacial score (nSPS) is 10.2. The van der Waals surface area contributed by atoms with Gasteiger partial charge in [0.15, 0.2) is 5.78 Å². The maximum Gasteiger partial charge on any atom is 0.153 e. The summed E-state index contributed by atoms with van der Waals surface area (Å²) < 4.78 is 0. The predicted octanol–water partition coefficient (Wildman–Crippen LogP) is 0.830. The van der Waals surface area contributed by atoms with E-state index in [0.717, 1.165) is 10.7 Å². The van der Waals surface area contributed by atoms with E-state index in [0.29, 0.717) is 6.42 Å². The third-order valence-electron chi connectivity index (χ3n) is 1.65. The van der Waals surface area contributed by atoms with Gasteiger partial charge in [-0.05, 0) is 13.8 Å². The van der Waals surface area contributed by atoms with Gasteiger partial charge in [-0.2, -0.15) is 0 Å². The van der Waals surface area contributed by atoms with Gasteiger partial charge in [-0.1, -0.05) is 0 Å². The summed E-state index contributed by atoms with van der Waals surface area (Å²) in [5.41, 5.74) is 6.21. The predicted molar refractivity (Wildman–Crippen MR) is 49.4 cm³/mol. The summed E-state index contributed by atoms with van der Waals surface area (Å²) in [7, 11) is 0. The first-order valence-corrected chi connectivity index (χ1v) is 4.59. The Labute approximate surface area is 75.6 Å². The minimum absolute atomic E-state index is 0.0451. The van der Waals surface area contributed by atoms with Crippen LogP contribution in [0.3, 0.4) is 0 Å². The molecule has 0 amide bonds. The van der Waals surface area contributed by atoms with E-state index in [1.807, 2.05) is 13.8 Å². The van der Waals surface area contributed by atoms with E-state index in [2.05, 4.69) is 4.98 Å². The molecule has 0 aliphatic rings. The average Bonchev–Trinajstić information content (AvgIpc) is 2.31. The second kappa shape index (κ2) is 3.78. The van der Waals surface area contributed by atoms with Crippen molar-refractivity contribution in [2.45, 2.75) is 20.3 Å². The molecule has 0 unspecified atom stereocenters. The van der Waals surface area contributed by atoms with Gasteiger partial charge in [0.2, 0.25) is 0 Å². The highest BCUT2D eigenvalue weighted by Gasteiger charge is 2.06. The fourth-order valence-electron chi connectivity index (χ4n) is 0.856. The van der Waals surface area contributed by atoms with Crippen LogP contribution in [0.1, 0.15) is 15.6 Å². The van der Waals surface area contributed by atoms with Crippen molar-refractivity contribution in [1.29, 1.82) is 0 Å². The van der Waals surface area contributed by atoms with Crippen molar-refractivity contribution in [2.24, 2.45) is 5.73 Å². The molecule has 3 nitrogen and oxygen atoms in total. The zero-order chi connectivity index (χ0) is 9.14. The van der Waals surface area contributed by atoms with Crippen LogP contribution in [-0.2, 0) is 11.2 Å². The average molecular weight is 184 g/mol. The Balaban J connectivity index is 2.70. The number of rotatable bonds is 3. The largest absolute Gasteiger partial charge is 0.324 e. The number of thiazole rings is 1. The van der Waals surface area contributed by atoms with Gasteiger partial charge in [0.1, 0.15) is 5.01 Å². The second-order valence-corrected chi connectivity index (χ2v) is 3.96. The van der Waals surface area contributed by atoms with Crippen LogP contribution in [0, 0.1) is 13.8 Å². The zero-order valence-electron chi connectivity index (χ0n) is 7.26. The van der Waals surface area contributed by atoms with Gasteiger partial charge in [-0.25, -0.2) is 4.98 Å². The molecule has 0 aliphatic heterocycles. The van der Waals surface area contributed by atoms with Crippen LogP contribution >= 0.6 is 11.3 Å². The van der Waals surface area contributed by atoms with E-state index in [4.69, 9.17) is 5.73 Å². The van der Waals surface area contributed by atoms with Crippen molar-refractivity contribution in [1.82, 2.24) is 4.98 Å². The molecule has 1 aromatic heterocycles. The first-order chi connectivity index (χ1) is 5.63. The Bertz CT molecular complexity index is 274. The van der Waals surface area contributed by atoms with E-state index in [1.54, 1.807) is 11.3 Å². The van der Waals surface area contributed by atoms with Gasteiger partial charge < -0.3 is 5.73 Å². The SMILES string of the molecule is Cc1nc(CC(=O)CN)sc1C. The summed E-state index contributed by atoms with van der Waals surface area (Å²) in [5.74, 6) is 0.0451. The lowest BCUT2D eigenvalue weighted by Crippen LogP contribution is -2.15. The molecule has 12 heavy (non-hydrogen) atoms. The highest BCUT2D eigenvalue weighted by atomic mass is 32.1. The molecule has 4 heteroatoms. The number of carbonyl (C=O) groups is 1. The smallest absolute Gasteiger partial charge is 0.153 e. The fourth-order valence-corrected chi connectivity index (χ4v) is 1.82. The molecule has 1 heterocycles. The van der Waals surface area contributed by atoms with Crippen LogP contribution in [0.4, 0.5) is 0 Å². The lowest BCUT2D eigenvalue weighted by atomic mass is 10.3. The lowest BCUT2D eigenvalue weighted by Gasteiger charge is -1.90. The summed E-state index contributed by atoms with van der Waals surface area (Å²) in [4.78, 5) is 16.4. The van der Waals surface area contributed by atoms with E-state index in [9.17, 15) is 4.79 Å². The number of aryl methyl sites for hydroxylation is 2. The van der Waals surface area contributed by atoms with E-state index >= 15 is 0 Å². The van der Waals surface area contributed by atoms with Crippen molar-refractivity contribution in [3.63, 3.8) is 0 Å². The van der Waals surface area contributed by atoms with Crippen LogP contribution in [0.15, 0.2) is 0 Å². The molecule has 1 aromatic rings. The van der Waals surface area contributed by atoms with Crippen molar-refractivity contribution < 1.29 is 4.79 Å². The molecule has 0 bridgehead atoms. The topological polar surface area (TPSA) is 56.0 Å². The molecule has 0 fully saturated rings. The molecule has 0 atom stereocenters. The molecule has 66 valence electrons. The number of aromatic nitrogens is 1. The van der Waals surface area contributed by atoms with Crippen LogP contribution in [0.2, 0.25) is 0 Å². The minimum Gasteiger partial charge on any atom is -0.324 e. The number of Topliss-reactive ketones (excluding diaryl/α,β-unsaturated/α-hetero) is 1. The Morgan fingerprint density at radius 2 is 2.25 bits per heavy atom. The Kier molecular flexibility index (Phi) is 2.94. The third kappa shape index (κ3) is 2.12. The summed E-state index contributed by atoms with van der Waals surface area (Å²) >= 11 is 1.57. The van der Waals surface area contributed by atoms with Crippen molar-refractivity contribution in [3.05, 3.63) is 15.6 Å². The minimum atomic E-state index is 0.0451. The zero-order valence-corrected chi connectivity index (χ0v) is 8.07. The van der Waals surface area contributed by atoms with E-state index in [-0.39, 0.29) is 12.3 Å². The first-order valence-electron chi connectivity index (χ1n) is 3.78. The Morgan fingerprint density at radius 3 is 2.67 bits per heavy atom. The van der Waals surface area contributed by atoms with Gasteiger partial charge in [0.25, 0.3) is 0 Å². The van der Waals surface area contributed by atoms with Crippen molar-refractivity contribution in [3.8, 4) is 0 Å². The molecular weight excluding hydrogens is 172 g/mol. The molecule has 0 aromatic carbocycles. The molecule has 1 rings (SSSR count). The van der Waals surface area contributed by atoms with Crippen LogP contribution in [-0.4, -0.2) is 17.3 Å². The summed E-state index contributed by atoms with van der Waals surface area (Å²) in [5, 5.41) is 0.875. The van der Waals surface area contributed by atoms with Gasteiger partial charge >= 0.3 is 0 Å². The summed E-state index contributed by atoms with van der Waals surface area (Å²) in [6.07, 6.45) is 0.385. The van der Waals surface area contributed by atoms with Gasteiger partial charge in [0.05, 0.1) is 18.7 Å². The molecule has 0 saturated carbocycles. The fraction of sp³-hybridized carbons (Fsp3) is 0.500. The van der Waals surface area contributed by atoms with Crippen LogP contribution < -0.4 is 5.73 Å². The van der Waals surface area contributed by atoms with Gasteiger partial charge in [0, 0.05) is 4.88 Å². The molecule has 0 aliphatic carbocycles. The number of carbonyl (C=O) groups excluding carboxylic acids is 1. The molecule has 0 saturated heterocycles.